The van der Waals surface area contributed by atoms with Crippen LogP contribution in [0.4, 0.5) is 0 Å². The molecular formula is C16H10Br5NO3. The van der Waals surface area contributed by atoms with Crippen LogP contribution in [-0.2, 0) is 9.59 Å². The van der Waals surface area contributed by atoms with Crippen LogP contribution in [0.3, 0.4) is 0 Å². The summed E-state index contributed by atoms with van der Waals surface area (Å²) in [7, 11) is 0. The fourth-order valence-corrected chi connectivity index (χ4v) is 8.88. The number of hydrogen-bond acceptors (Lipinski definition) is 3. The van der Waals surface area contributed by atoms with Crippen molar-refractivity contribution >= 4 is 97.4 Å². The lowest BCUT2D eigenvalue weighted by Gasteiger charge is -2.28. The molecule has 0 spiro atoms. The number of rotatable bonds is 1. The number of alkyl halides is 2. The van der Waals surface area contributed by atoms with Gasteiger partial charge in [-0.2, -0.15) is 0 Å². The third-order valence-electron chi connectivity index (χ3n) is 5.41. The van der Waals surface area contributed by atoms with Gasteiger partial charge in [0.25, 0.3) is 5.91 Å². The smallest absolute Gasteiger partial charge is 0.269 e. The first-order valence-electron chi connectivity index (χ1n) is 7.59. The molecule has 9 heteroatoms. The van der Waals surface area contributed by atoms with Crippen molar-refractivity contribution in [2.75, 3.05) is 0 Å². The minimum atomic E-state index is -0.577. The molecular weight excluding hydrogens is 654 g/mol. The topological polar surface area (TPSA) is 54.5 Å². The predicted molar refractivity (Wildman–Crippen MR) is 110 cm³/mol. The summed E-state index contributed by atoms with van der Waals surface area (Å²) < 4.78 is 1.83. The molecule has 0 N–H and O–H groups in total. The van der Waals surface area contributed by atoms with E-state index >= 15 is 0 Å². The van der Waals surface area contributed by atoms with E-state index in [1.807, 2.05) is 0 Å². The summed E-state index contributed by atoms with van der Waals surface area (Å²) >= 11 is 17.4. The first kappa shape index (κ1) is 18.8. The van der Waals surface area contributed by atoms with Crippen LogP contribution < -0.4 is 0 Å². The van der Waals surface area contributed by atoms with Crippen LogP contribution in [0.1, 0.15) is 16.8 Å². The van der Waals surface area contributed by atoms with E-state index in [1.54, 1.807) is 12.1 Å². The van der Waals surface area contributed by atoms with Crippen LogP contribution in [-0.4, -0.2) is 32.3 Å². The molecule has 3 fully saturated rings. The van der Waals surface area contributed by atoms with Crippen molar-refractivity contribution in [3.05, 3.63) is 31.1 Å². The molecule has 6 unspecified atom stereocenters. The summed E-state index contributed by atoms with van der Waals surface area (Å²) in [5.41, 5.74) is 0.281. The molecule has 0 aromatic heterocycles. The maximum Gasteiger partial charge on any atom is 0.269 e. The van der Waals surface area contributed by atoms with Gasteiger partial charge in [0.2, 0.25) is 11.8 Å². The van der Waals surface area contributed by atoms with Gasteiger partial charge < -0.3 is 0 Å². The van der Waals surface area contributed by atoms with Crippen LogP contribution in [0.25, 0.3) is 0 Å². The Morgan fingerprint density at radius 2 is 1.36 bits per heavy atom. The molecule has 1 aromatic carbocycles. The van der Waals surface area contributed by atoms with Crippen molar-refractivity contribution in [1.29, 1.82) is 0 Å². The number of hydrogen-bond donors (Lipinski definition) is 0. The summed E-state index contributed by atoms with van der Waals surface area (Å²) in [6.45, 7) is 0. The number of halogens is 5. The standard InChI is InChI=1S/C16H10Br5NO3/c17-4-1-7(18)11(8(19)2-4)16(25)22-14(23)9-5-3-6(10(9)15(22)24)13(21)12(5)20/h1-2,5-6,9-10,12-13H,3H2. The minimum Gasteiger partial charge on any atom is -0.274 e. The first-order chi connectivity index (χ1) is 11.7. The highest BCUT2D eigenvalue weighted by Crippen LogP contribution is 2.60. The van der Waals surface area contributed by atoms with Crippen LogP contribution in [0.5, 0.6) is 0 Å². The van der Waals surface area contributed by atoms with Gasteiger partial charge in [0.1, 0.15) is 0 Å². The number of fused-ring (bicyclic) bond motifs is 5. The highest BCUT2D eigenvalue weighted by molar-refractivity contribution is 9.12. The van der Waals surface area contributed by atoms with Gasteiger partial charge in [0.15, 0.2) is 0 Å². The van der Waals surface area contributed by atoms with E-state index in [2.05, 4.69) is 79.6 Å². The Hall–Kier alpha value is 0.430. The zero-order valence-electron chi connectivity index (χ0n) is 12.4. The Balaban J connectivity index is 1.73. The molecule has 25 heavy (non-hydrogen) atoms. The quantitative estimate of drug-likeness (QED) is 0.318. The number of carbonyl (C=O) groups is 3. The van der Waals surface area contributed by atoms with E-state index in [9.17, 15) is 14.4 Å². The molecule has 0 radical (unpaired) electrons. The summed E-state index contributed by atoms with van der Waals surface area (Å²) in [5.74, 6) is -1.92. The van der Waals surface area contributed by atoms with Gasteiger partial charge in [-0.05, 0) is 62.2 Å². The Bertz CT molecular complexity index is 773. The number of likely N-dealkylation sites (tertiary alicyclic amines) is 1. The minimum absolute atomic E-state index is 0.0884. The predicted octanol–water partition coefficient (Wildman–Crippen LogP) is 4.89. The molecule has 2 saturated carbocycles. The molecule has 1 saturated heterocycles. The third-order valence-corrected chi connectivity index (χ3v) is 10.3. The lowest BCUT2D eigenvalue weighted by Crippen LogP contribution is -2.39. The lowest BCUT2D eigenvalue weighted by atomic mass is 9.81. The Morgan fingerprint density at radius 1 is 0.920 bits per heavy atom. The van der Waals surface area contributed by atoms with E-state index in [1.165, 1.54) is 0 Å². The summed E-state index contributed by atoms with van der Waals surface area (Å²) in [6.07, 6.45) is 0.840. The van der Waals surface area contributed by atoms with E-state index in [4.69, 9.17) is 0 Å². The Morgan fingerprint density at radius 3 is 1.80 bits per heavy atom. The molecule has 4 nitrogen and oxygen atoms in total. The van der Waals surface area contributed by atoms with Gasteiger partial charge in [0, 0.05) is 23.1 Å². The molecule has 1 heterocycles. The van der Waals surface area contributed by atoms with E-state index in [-0.39, 0.29) is 38.9 Å². The summed E-state index contributed by atoms with van der Waals surface area (Å²) in [5, 5.41) is 0. The fraction of sp³-hybridized carbons (Fsp3) is 0.438. The highest BCUT2D eigenvalue weighted by atomic mass is 79.9. The number of benzene rings is 1. The van der Waals surface area contributed by atoms with Crippen LogP contribution in [0.15, 0.2) is 25.6 Å². The van der Waals surface area contributed by atoms with Crippen LogP contribution in [0, 0.1) is 23.7 Å². The monoisotopic (exact) mass is 659 g/mol. The Labute approximate surface area is 186 Å². The normalized spacial score (nSPS) is 36.3. The molecule has 3 amide bonds. The molecule has 1 aliphatic heterocycles. The van der Waals surface area contributed by atoms with Gasteiger partial charge >= 0.3 is 0 Å². The largest absolute Gasteiger partial charge is 0.274 e. The zero-order valence-corrected chi connectivity index (χ0v) is 20.3. The molecule has 2 bridgehead atoms. The summed E-state index contributed by atoms with van der Waals surface area (Å²) in [6, 6.07) is 3.44. The van der Waals surface area contributed by atoms with Crippen molar-refractivity contribution in [3.63, 3.8) is 0 Å². The molecule has 3 aliphatic rings. The Kier molecular flexibility index (Phi) is 4.88. The van der Waals surface area contributed by atoms with Gasteiger partial charge in [-0.3, -0.25) is 14.4 Å². The van der Waals surface area contributed by atoms with Crippen LogP contribution in [0.2, 0.25) is 0 Å². The average molecular weight is 664 g/mol. The van der Waals surface area contributed by atoms with E-state index in [0.717, 1.165) is 15.8 Å². The zero-order chi connectivity index (χ0) is 18.2. The summed E-state index contributed by atoms with van der Waals surface area (Å²) in [4.78, 5) is 40.1. The van der Waals surface area contributed by atoms with Crippen molar-refractivity contribution < 1.29 is 14.4 Å². The van der Waals surface area contributed by atoms with Crippen LogP contribution >= 0.6 is 79.6 Å². The van der Waals surface area contributed by atoms with Crippen molar-refractivity contribution in [3.8, 4) is 0 Å². The van der Waals surface area contributed by atoms with Crippen molar-refractivity contribution in [2.24, 2.45) is 23.7 Å². The van der Waals surface area contributed by atoms with Gasteiger partial charge in [0.05, 0.1) is 17.4 Å². The average Bonchev–Trinajstić information content (AvgIpc) is 3.11. The van der Waals surface area contributed by atoms with Gasteiger partial charge in [-0.15, -0.1) is 0 Å². The highest BCUT2D eigenvalue weighted by Gasteiger charge is 2.67. The molecule has 6 atom stereocenters. The second kappa shape index (κ2) is 6.50. The molecule has 2 aliphatic carbocycles. The lowest BCUT2D eigenvalue weighted by molar-refractivity contribution is -0.137. The maximum absolute atomic E-state index is 13.0. The first-order valence-corrected chi connectivity index (χ1v) is 11.8. The SMILES string of the molecule is O=C(c1c(Br)cc(Br)cc1Br)N1C(=O)C2C3CC(C(Br)C3Br)C2C1=O. The van der Waals surface area contributed by atoms with Crippen molar-refractivity contribution in [1.82, 2.24) is 4.90 Å². The second-order valence-corrected chi connectivity index (χ2v) is 11.3. The number of carbonyl (C=O) groups excluding carboxylic acids is 3. The van der Waals surface area contributed by atoms with Gasteiger partial charge in [-0.25, -0.2) is 4.90 Å². The van der Waals surface area contributed by atoms with Crippen molar-refractivity contribution in [2.45, 2.75) is 16.1 Å². The second-order valence-electron chi connectivity index (χ2n) is 6.57. The number of nitrogens with zero attached hydrogens (tertiary/aromatic N) is 1. The maximum atomic E-state index is 13.0. The van der Waals surface area contributed by atoms with E-state index < -0.39 is 17.7 Å². The fourth-order valence-electron chi connectivity index (χ4n) is 4.41. The number of amides is 3. The number of imide groups is 3. The molecule has 4 rings (SSSR count). The van der Waals surface area contributed by atoms with E-state index in [0.29, 0.717) is 8.95 Å². The molecule has 132 valence electrons. The third kappa shape index (κ3) is 2.62. The van der Waals surface area contributed by atoms with Gasteiger partial charge in [-0.1, -0.05) is 47.8 Å². The molecule has 1 aromatic rings.